The number of hydrogen-bond acceptors (Lipinski definition) is 3. The minimum absolute atomic E-state index is 0.269. The first-order chi connectivity index (χ1) is 13.6. The molecule has 1 saturated carbocycles. The molecule has 1 aliphatic carbocycles. The fraction of sp³-hybridized carbons (Fsp3) is 0.708. The van der Waals surface area contributed by atoms with Crippen molar-refractivity contribution in [3.05, 3.63) is 35.9 Å². The lowest BCUT2D eigenvalue weighted by Crippen LogP contribution is -2.48. The van der Waals surface area contributed by atoms with Gasteiger partial charge in [-0.25, -0.2) is 0 Å². The van der Waals surface area contributed by atoms with Crippen molar-refractivity contribution in [2.45, 2.75) is 57.4 Å². The zero-order valence-electron chi connectivity index (χ0n) is 17.6. The summed E-state index contributed by atoms with van der Waals surface area (Å²) in [5, 5.41) is 0. The highest BCUT2D eigenvalue weighted by molar-refractivity contribution is 5.91. The van der Waals surface area contributed by atoms with Crippen LogP contribution in [0.15, 0.2) is 30.3 Å². The lowest BCUT2D eigenvalue weighted by molar-refractivity contribution is -0.136. The molecule has 0 radical (unpaired) electrons. The Morgan fingerprint density at radius 2 is 1.79 bits per heavy atom. The average Bonchev–Trinajstić information content (AvgIpc) is 3.35. The molecule has 0 spiro atoms. The summed E-state index contributed by atoms with van der Waals surface area (Å²) >= 11 is 0. The second-order valence-electron chi connectivity index (χ2n) is 9.21. The molecule has 1 aromatic rings. The molecule has 0 unspecified atom stereocenters. The van der Waals surface area contributed by atoms with Gasteiger partial charge >= 0.3 is 0 Å². The Bertz CT molecular complexity index is 650. The molecule has 154 valence electrons. The number of ether oxygens (including phenoxy) is 1. The minimum atomic E-state index is -0.325. The van der Waals surface area contributed by atoms with Crippen molar-refractivity contribution in [1.29, 1.82) is 0 Å². The largest absolute Gasteiger partial charge is 0.379 e. The average molecular weight is 385 g/mol. The molecule has 3 fully saturated rings. The van der Waals surface area contributed by atoms with Crippen LogP contribution in [0.4, 0.5) is 0 Å². The number of benzene rings is 1. The highest BCUT2D eigenvalue weighted by atomic mass is 16.5. The van der Waals surface area contributed by atoms with E-state index in [1.807, 2.05) is 0 Å². The zero-order chi connectivity index (χ0) is 19.6. The summed E-state index contributed by atoms with van der Waals surface area (Å²) in [4.78, 5) is 18.7. The fourth-order valence-electron chi connectivity index (χ4n) is 6.00. The van der Waals surface area contributed by atoms with E-state index >= 15 is 0 Å². The van der Waals surface area contributed by atoms with Crippen LogP contribution in [-0.4, -0.2) is 61.1 Å². The van der Waals surface area contributed by atoms with Crippen LogP contribution in [0.5, 0.6) is 0 Å². The second-order valence-corrected chi connectivity index (χ2v) is 9.21. The van der Waals surface area contributed by atoms with Gasteiger partial charge in [-0.1, -0.05) is 43.2 Å². The highest BCUT2D eigenvalue weighted by Crippen LogP contribution is 2.53. The van der Waals surface area contributed by atoms with Crippen molar-refractivity contribution in [3.8, 4) is 0 Å². The molecule has 28 heavy (non-hydrogen) atoms. The van der Waals surface area contributed by atoms with Crippen LogP contribution in [0, 0.1) is 11.8 Å². The number of rotatable bonds is 6. The number of likely N-dealkylation sites (tertiary alicyclic amines) is 1. The summed E-state index contributed by atoms with van der Waals surface area (Å²) in [7, 11) is 0. The lowest BCUT2D eigenvalue weighted by Gasteiger charge is -2.40. The summed E-state index contributed by atoms with van der Waals surface area (Å²) in [6.45, 7) is 10.1. The molecule has 1 aromatic carbocycles. The van der Waals surface area contributed by atoms with Gasteiger partial charge in [0.2, 0.25) is 5.91 Å². The van der Waals surface area contributed by atoms with E-state index in [9.17, 15) is 4.79 Å². The number of hydrogen-bond donors (Lipinski definition) is 0. The van der Waals surface area contributed by atoms with Crippen molar-refractivity contribution >= 4 is 5.91 Å². The summed E-state index contributed by atoms with van der Waals surface area (Å²) < 4.78 is 5.52. The van der Waals surface area contributed by atoms with Gasteiger partial charge in [0.25, 0.3) is 0 Å². The van der Waals surface area contributed by atoms with Crippen LogP contribution in [0.2, 0.25) is 0 Å². The van der Waals surface area contributed by atoms with E-state index in [0.717, 1.165) is 45.8 Å². The van der Waals surface area contributed by atoms with Gasteiger partial charge in [0, 0.05) is 25.7 Å². The number of morpholine rings is 1. The minimum Gasteiger partial charge on any atom is -0.379 e. The van der Waals surface area contributed by atoms with Gasteiger partial charge in [-0.05, 0) is 57.1 Å². The third-order valence-corrected chi connectivity index (χ3v) is 7.45. The molecule has 2 heterocycles. The van der Waals surface area contributed by atoms with Gasteiger partial charge in [-0.2, -0.15) is 0 Å². The molecule has 4 heteroatoms. The molecule has 4 rings (SSSR count). The first kappa shape index (κ1) is 19.9. The molecular formula is C24H36N2O2. The Hall–Kier alpha value is -1.39. The summed E-state index contributed by atoms with van der Waals surface area (Å²) in [5.74, 6) is 1.28. The summed E-state index contributed by atoms with van der Waals surface area (Å²) in [6.07, 6.45) is 6.02. The first-order valence-corrected chi connectivity index (χ1v) is 11.3. The molecule has 2 saturated heterocycles. The van der Waals surface area contributed by atoms with E-state index in [2.05, 4.69) is 54.0 Å². The van der Waals surface area contributed by atoms with Gasteiger partial charge in [0.1, 0.15) is 0 Å². The van der Waals surface area contributed by atoms with E-state index in [1.54, 1.807) is 0 Å². The van der Waals surface area contributed by atoms with Crippen molar-refractivity contribution in [1.82, 2.24) is 9.80 Å². The number of nitrogens with zero attached hydrogens (tertiary/aromatic N) is 2. The highest BCUT2D eigenvalue weighted by Gasteiger charge is 2.59. The second kappa shape index (κ2) is 8.54. The maximum atomic E-state index is 14.0. The molecule has 0 N–H and O–H groups in total. The number of carbonyl (C=O) groups excluding carboxylic acids is 1. The molecule has 0 aromatic heterocycles. The Morgan fingerprint density at radius 3 is 2.43 bits per heavy atom. The van der Waals surface area contributed by atoms with E-state index < -0.39 is 0 Å². The molecule has 1 amide bonds. The van der Waals surface area contributed by atoms with Crippen molar-refractivity contribution in [3.63, 3.8) is 0 Å². The van der Waals surface area contributed by atoms with Crippen molar-refractivity contribution in [2.24, 2.45) is 11.8 Å². The smallest absolute Gasteiger partial charge is 0.234 e. The summed E-state index contributed by atoms with van der Waals surface area (Å²) in [5.41, 5.74) is 0.941. The molecule has 2 atom stereocenters. The molecule has 0 bridgehead atoms. The van der Waals surface area contributed by atoms with E-state index in [1.165, 1.54) is 31.2 Å². The van der Waals surface area contributed by atoms with Crippen LogP contribution in [-0.2, 0) is 14.9 Å². The molecule has 2 aliphatic heterocycles. The van der Waals surface area contributed by atoms with E-state index in [-0.39, 0.29) is 11.5 Å². The molecule has 3 aliphatic rings. The monoisotopic (exact) mass is 384 g/mol. The standard InChI is InChI=1S/C24H36N2O2/c1-19(2)26-18-22(12-13-25-14-16-28-17-15-25)24(23(26)27,21-10-6-7-11-21)20-8-4-3-5-9-20/h3-5,8-9,19,21-22H,6-7,10-18H2,1-2H3/t22-,24+/m0/s1. The van der Waals surface area contributed by atoms with Crippen molar-refractivity contribution in [2.75, 3.05) is 39.4 Å². The van der Waals surface area contributed by atoms with Gasteiger partial charge < -0.3 is 9.64 Å². The predicted octanol–water partition coefficient (Wildman–Crippen LogP) is 3.70. The zero-order valence-corrected chi connectivity index (χ0v) is 17.6. The van der Waals surface area contributed by atoms with Crippen LogP contribution in [0.3, 0.4) is 0 Å². The number of amides is 1. The lowest BCUT2D eigenvalue weighted by atomic mass is 9.62. The van der Waals surface area contributed by atoms with Gasteiger partial charge in [0.15, 0.2) is 0 Å². The third kappa shape index (κ3) is 3.50. The quantitative estimate of drug-likeness (QED) is 0.750. The summed E-state index contributed by atoms with van der Waals surface area (Å²) in [6, 6.07) is 11.0. The van der Waals surface area contributed by atoms with Crippen LogP contribution >= 0.6 is 0 Å². The predicted molar refractivity (Wildman–Crippen MR) is 112 cm³/mol. The van der Waals surface area contributed by atoms with E-state index in [4.69, 9.17) is 4.74 Å². The topological polar surface area (TPSA) is 32.8 Å². The Morgan fingerprint density at radius 1 is 1.11 bits per heavy atom. The van der Waals surface area contributed by atoms with Crippen LogP contribution in [0.1, 0.15) is 51.5 Å². The molecule has 4 nitrogen and oxygen atoms in total. The van der Waals surface area contributed by atoms with Crippen molar-refractivity contribution < 1.29 is 9.53 Å². The van der Waals surface area contributed by atoms with Crippen LogP contribution < -0.4 is 0 Å². The fourth-order valence-corrected chi connectivity index (χ4v) is 6.00. The van der Waals surface area contributed by atoms with E-state index in [0.29, 0.717) is 17.7 Å². The maximum absolute atomic E-state index is 14.0. The van der Waals surface area contributed by atoms with Gasteiger partial charge in [-0.15, -0.1) is 0 Å². The van der Waals surface area contributed by atoms with Gasteiger partial charge in [0.05, 0.1) is 18.6 Å². The Labute approximate surface area is 170 Å². The Balaban J connectivity index is 1.68. The van der Waals surface area contributed by atoms with Gasteiger partial charge in [-0.3, -0.25) is 9.69 Å². The Kier molecular flexibility index (Phi) is 6.07. The normalized spacial score (nSPS) is 29.9. The molecular weight excluding hydrogens is 348 g/mol. The van der Waals surface area contributed by atoms with Crippen LogP contribution in [0.25, 0.3) is 0 Å². The third-order valence-electron chi connectivity index (χ3n) is 7.45. The number of carbonyl (C=O) groups is 1. The first-order valence-electron chi connectivity index (χ1n) is 11.3. The SMILES string of the molecule is CC(C)N1C[C@H](CCN2CCOCC2)[C@@](c2ccccc2)(C2CCCC2)C1=O. The maximum Gasteiger partial charge on any atom is 0.234 e.